The maximum atomic E-state index is 12.7. The first-order valence-corrected chi connectivity index (χ1v) is 8.87. The van der Waals surface area contributed by atoms with Gasteiger partial charge in [-0.3, -0.25) is 9.59 Å². The van der Waals surface area contributed by atoms with Crippen LogP contribution in [0, 0.1) is 18.3 Å². The Morgan fingerprint density at radius 3 is 2.70 bits per heavy atom. The topological polar surface area (TPSA) is 49.9 Å². The number of amides is 2. The van der Waals surface area contributed by atoms with Crippen molar-refractivity contribution in [1.29, 1.82) is 0 Å². The smallest absolute Gasteiger partial charge is 0.263 e. The lowest BCUT2D eigenvalue weighted by atomic mass is 9.73. The third kappa shape index (κ3) is 3.02. The molecule has 2 amide bonds. The third-order valence-electron chi connectivity index (χ3n) is 5.25. The number of methoxy groups -OCH3 is 1. The number of aryl methyl sites for hydroxylation is 1. The van der Waals surface area contributed by atoms with Gasteiger partial charge in [0.1, 0.15) is 0 Å². The van der Waals surface area contributed by atoms with Crippen LogP contribution in [-0.2, 0) is 9.53 Å². The van der Waals surface area contributed by atoms with Gasteiger partial charge < -0.3 is 14.5 Å². The summed E-state index contributed by atoms with van der Waals surface area (Å²) in [6.07, 6.45) is 0.894. The van der Waals surface area contributed by atoms with Crippen LogP contribution in [0.15, 0.2) is 12.1 Å². The zero-order valence-corrected chi connectivity index (χ0v) is 14.8. The van der Waals surface area contributed by atoms with Crippen LogP contribution >= 0.6 is 11.3 Å². The summed E-state index contributed by atoms with van der Waals surface area (Å²) in [5.41, 5.74) is 0.00255. The molecule has 0 spiro atoms. The minimum atomic E-state index is 0.00255. The molecular formula is C17H24N2O3S. The van der Waals surface area contributed by atoms with Crippen molar-refractivity contribution >= 4 is 23.2 Å². The minimum Gasteiger partial charge on any atom is -0.384 e. The SMILES string of the molecule is COC[C@@]12CCN(C(=O)c3ccc(C)s3)C[C@@H]1CN(C(C)=O)C2. The number of fused-ring (bicyclic) bond motifs is 1. The highest BCUT2D eigenvalue weighted by Gasteiger charge is 2.50. The summed E-state index contributed by atoms with van der Waals surface area (Å²) in [6.45, 7) is 7.22. The van der Waals surface area contributed by atoms with E-state index in [1.807, 2.05) is 28.9 Å². The molecule has 5 nitrogen and oxygen atoms in total. The summed E-state index contributed by atoms with van der Waals surface area (Å²) in [5, 5.41) is 0. The molecule has 2 atom stereocenters. The molecule has 2 saturated heterocycles. The van der Waals surface area contributed by atoms with Crippen molar-refractivity contribution < 1.29 is 14.3 Å². The molecule has 0 aromatic carbocycles. The number of rotatable bonds is 3. The molecule has 3 heterocycles. The number of piperidine rings is 1. The first-order chi connectivity index (χ1) is 10.9. The van der Waals surface area contributed by atoms with Crippen molar-refractivity contribution in [2.75, 3.05) is 39.9 Å². The molecule has 3 rings (SSSR count). The van der Waals surface area contributed by atoms with E-state index in [4.69, 9.17) is 4.74 Å². The van der Waals surface area contributed by atoms with Crippen molar-refractivity contribution in [1.82, 2.24) is 9.80 Å². The molecule has 2 fully saturated rings. The zero-order valence-electron chi connectivity index (χ0n) is 14.0. The van der Waals surface area contributed by atoms with Gasteiger partial charge in [-0.05, 0) is 25.5 Å². The van der Waals surface area contributed by atoms with Gasteiger partial charge in [-0.25, -0.2) is 0 Å². The number of likely N-dealkylation sites (tertiary alicyclic amines) is 2. The fourth-order valence-electron chi connectivity index (χ4n) is 3.94. The van der Waals surface area contributed by atoms with Gasteiger partial charge in [0, 0.05) is 56.4 Å². The van der Waals surface area contributed by atoms with Crippen LogP contribution in [0.3, 0.4) is 0 Å². The van der Waals surface area contributed by atoms with Crippen LogP contribution in [0.5, 0.6) is 0 Å². The molecule has 0 bridgehead atoms. The maximum absolute atomic E-state index is 12.7. The maximum Gasteiger partial charge on any atom is 0.263 e. The zero-order chi connectivity index (χ0) is 16.6. The summed E-state index contributed by atoms with van der Waals surface area (Å²) in [6, 6.07) is 3.90. The standard InChI is InChI=1S/C17H24N2O3S/c1-12-4-5-15(23-12)16(21)18-7-6-17(11-22-3)10-19(13(2)20)9-14(17)8-18/h4-5,14H,6-11H2,1-3H3/t14-,17+/m1/s1. The molecule has 1 aromatic heterocycles. The van der Waals surface area contributed by atoms with E-state index < -0.39 is 0 Å². The van der Waals surface area contributed by atoms with Gasteiger partial charge >= 0.3 is 0 Å². The Balaban J connectivity index is 1.76. The molecule has 0 saturated carbocycles. The quantitative estimate of drug-likeness (QED) is 0.848. The van der Waals surface area contributed by atoms with Crippen LogP contribution in [0.4, 0.5) is 0 Å². The van der Waals surface area contributed by atoms with Crippen LogP contribution in [0.25, 0.3) is 0 Å². The van der Waals surface area contributed by atoms with Gasteiger partial charge in [0.25, 0.3) is 5.91 Å². The molecule has 1 aromatic rings. The number of hydrogen-bond donors (Lipinski definition) is 0. The van der Waals surface area contributed by atoms with Gasteiger partial charge in [-0.15, -0.1) is 11.3 Å². The van der Waals surface area contributed by atoms with E-state index in [0.717, 1.165) is 35.8 Å². The number of nitrogens with zero attached hydrogens (tertiary/aromatic N) is 2. The predicted molar refractivity (Wildman–Crippen MR) is 89.6 cm³/mol. The molecule has 23 heavy (non-hydrogen) atoms. The highest BCUT2D eigenvalue weighted by Crippen LogP contribution is 2.43. The summed E-state index contributed by atoms with van der Waals surface area (Å²) in [7, 11) is 1.72. The highest BCUT2D eigenvalue weighted by molar-refractivity contribution is 7.13. The van der Waals surface area contributed by atoms with Gasteiger partial charge in [-0.2, -0.15) is 0 Å². The second-order valence-corrected chi connectivity index (χ2v) is 8.09. The number of hydrogen-bond acceptors (Lipinski definition) is 4. The van der Waals surface area contributed by atoms with Crippen LogP contribution in [0.1, 0.15) is 27.9 Å². The first kappa shape index (κ1) is 16.5. The van der Waals surface area contributed by atoms with Gasteiger partial charge in [-0.1, -0.05) is 0 Å². The van der Waals surface area contributed by atoms with E-state index in [-0.39, 0.29) is 17.2 Å². The van der Waals surface area contributed by atoms with Crippen molar-refractivity contribution in [3.05, 3.63) is 21.9 Å². The molecule has 2 aliphatic rings. The van der Waals surface area contributed by atoms with Crippen LogP contribution in [-0.4, -0.2) is 61.5 Å². The summed E-state index contributed by atoms with van der Waals surface area (Å²) in [5.74, 6) is 0.530. The Hall–Kier alpha value is -1.40. The Morgan fingerprint density at radius 1 is 1.35 bits per heavy atom. The average molecular weight is 336 g/mol. The molecule has 6 heteroatoms. The Kier molecular flexibility index (Phi) is 4.47. The van der Waals surface area contributed by atoms with Crippen molar-refractivity contribution in [2.24, 2.45) is 11.3 Å². The van der Waals surface area contributed by atoms with Crippen LogP contribution in [0.2, 0.25) is 0 Å². The molecule has 2 aliphatic heterocycles. The second-order valence-electron chi connectivity index (χ2n) is 6.80. The summed E-state index contributed by atoms with van der Waals surface area (Å²) in [4.78, 5) is 30.3. The van der Waals surface area contributed by atoms with Crippen LogP contribution < -0.4 is 0 Å². The van der Waals surface area contributed by atoms with Crippen molar-refractivity contribution in [2.45, 2.75) is 20.3 Å². The Morgan fingerprint density at radius 2 is 2.09 bits per heavy atom. The van der Waals surface area contributed by atoms with E-state index in [2.05, 4.69) is 0 Å². The summed E-state index contributed by atoms with van der Waals surface area (Å²) >= 11 is 1.55. The van der Waals surface area contributed by atoms with Crippen molar-refractivity contribution in [3.8, 4) is 0 Å². The van der Waals surface area contributed by atoms with Gasteiger partial charge in [0.05, 0.1) is 11.5 Å². The Bertz CT molecular complexity index is 615. The highest BCUT2D eigenvalue weighted by atomic mass is 32.1. The minimum absolute atomic E-state index is 0.00255. The van der Waals surface area contributed by atoms with Gasteiger partial charge in [0.15, 0.2) is 0 Å². The molecule has 0 aliphatic carbocycles. The lowest BCUT2D eigenvalue weighted by molar-refractivity contribution is -0.128. The van der Waals surface area contributed by atoms with Gasteiger partial charge in [0.2, 0.25) is 5.91 Å². The lowest BCUT2D eigenvalue weighted by Gasteiger charge is -2.42. The number of carbonyl (C=O) groups excluding carboxylic acids is 2. The lowest BCUT2D eigenvalue weighted by Crippen LogP contribution is -2.50. The molecular weight excluding hydrogens is 312 g/mol. The van der Waals surface area contributed by atoms with E-state index in [9.17, 15) is 9.59 Å². The molecule has 126 valence electrons. The van der Waals surface area contributed by atoms with E-state index >= 15 is 0 Å². The number of thiophene rings is 1. The van der Waals surface area contributed by atoms with E-state index in [1.165, 1.54) is 0 Å². The second kappa shape index (κ2) is 6.24. The van der Waals surface area contributed by atoms with E-state index in [0.29, 0.717) is 19.1 Å². The molecule has 0 N–H and O–H groups in total. The fourth-order valence-corrected chi connectivity index (χ4v) is 4.77. The monoisotopic (exact) mass is 336 g/mol. The first-order valence-electron chi connectivity index (χ1n) is 8.05. The normalized spacial score (nSPS) is 27.2. The summed E-state index contributed by atoms with van der Waals surface area (Å²) < 4.78 is 5.46. The average Bonchev–Trinajstić information content (AvgIpc) is 3.10. The molecule has 0 unspecified atom stereocenters. The Labute approximate surface area is 141 Å². The van der Waals surface area contributed by atoms with Crippen molar-refractivity contribution in [3.63, 3.8) is 0 Å². The third-order valence-corrected chi connectivity index (χ3v) is 6.24. The number of ether oxygens (including phenoxy) is 1. The largest absolute Gasteiger partial charge is 0.384 e. The van der Waals surface area contributed by atoms with E-state index in [1.54, 1.807) is 25.4 Å². The predicted octanol–water partition coefficient (Wildman–Crippen LogP) is 2.01. The molecule has 0 radical (unpaired) electrons. The fraction of sp³-hybridized carbons (Fsp3) is 0.647. The number of carbonyl (C=O) groups is 2.